The lowest BCUT2D eigenvalue weighted by molar-refractivity contribution is 0.114. The first-order valence-electron chi connectivity index (χ1n) is 11.3. The topological polar surface area (TPSA) is 38.3 Å². The Morgan fingerprint density at radius 3 is 2.23 bits per heavy atom. The number of benzene rings is 4. The minimum absolute atomic E-state index is 0.0732. The molecular formula is C27H31NO2. The fourth-order valence-corrected chi connectivity index (χ4v) is 4.44. The van der Waals surface area contributed by atoms with Crippen LogP contribution in [0.1, 0.15) is 58.8 Å². The van der Waals surface area contributed by atoms with Gasteiger partial charge < -0.3 is 4.74 Å². The Labute approximate surface area is 178 Å². The van der Waals surface area contributed by atoms with Crippen molar-refractivity contribution in [3.05, 3.63) is 54.6 Å². The second-order valence-electron chi connectivity index (χ2n) is 8.37. The van der Waals surface area contributed by atoms with Gasteiger partial charge in [-0.2, -0.15) is 0 Å². The average Bonchev–Trinajstić information content (AvgIpc) is 2.75. The van der Waals surface area contributed by atoms with Crippen LogP contribution in [0.3, 0.4) is 0 Å². The molecule has 0 radical (unpaired) electrons. The first-order chi connectivity index (χ1) is 14.7. The lowest BCUT2D eigenvalue weighted by Crippen LogP contribution is -2.20. The molecule has 3 nitrogen and oxygen atoms in total. The maximum Gasteiger partial charge on any atom is 0.411 e. The van der Waals surface area contributed by atoms with Gasteiger partial charge in [0, 0.05) is 5.39 Å². The van der Waals surface area contributed by atoms with Crippen molar-refractivity contribution in [1.29, 1.82) is 0 Å². The number of hydrogen-bond donors (Lipinski definition) is 1. The summed E-state index contributed by atoms with van der Waals surface area (Å²) in [4.78, 5) is 12.5. The van der Waals surface area contributed by atoms with E-state index in [-0.39, 0.29) is 12.2 Å². The Bertz CT molecular complexity index is 1120. The van der Waals surface area contributed by atoms with E-state index in [2.05, 4.69) is 60.8 Å². The van der Waals surface area contributed by atoms with Gasteiger partial charge >= 0.3 is 6.09 Å². The van der Waals surface area contributed by atoms with Gasteiger partial charge in [-0.1, -0.05) is 87.6 Å². The van der Waals surface area contributed by atoms with E-state index in [1.54, 1.807) is 0 Å². The molecule has 0 saturated heterocycles. The van der Waals surface area contributed by atoms with Gasteiger partial charge in [0.15, 0.2) is 0 Å². The van der Waals surface area contributed by atoms with Gasteiger partial charge in [-0.3, -0.25) is 5.32 Å². The van der Waals surface area contributed by atoms with Crippen molar-refractivity contribution < 1.29 is 9.53 Å². The van der Waals surface area contributed by atoms with Crippen molar-refractivity contribution in [2.75, 3.05) is 5.32 Å². The predicted octanol–water partition coefficient (Wildman–Crippen LogP) is 8.27. The second kappa shape index (κ2) is 9.34. The molecule has 4 aromatic carbocycles. The number of unbranched alkanes of at least 4 members (excludes halogenated alkanes) is 5. The molecule has 0 aromatic heterocycles. The van der Waals surface area contributed by atoms with Crippen molar-refractivity contribution in [3.63, 3.8) is 0 Å². The van der Waals surface area contributed by atoms with E-state index < -0.39 is 0 Å². The summed E-state index contributed by atoms with van der Waals surface area (Å²) in [5.74, 6) is 0. The monoisotopic (exact) mass is 401 g/mol. The van der Waals surface area contributed by atoms with Gasteiger partial charge in [0.05, 0.1) is 5.69 Å². The molecule has 30 heavy (non-hydrogen) atoms. The smallest absolute Gasteiger partial charge is 0.411 e. The zero-order valence-corrected chi connectivity index (χ0v) is 18.0. The highest BCUT2D eigenvalue weighted by Gasteiger charge is 2.14. The summed E-state index contributed by atoms with van der Waals surface area (Å²) in [5, 5.41) is 10.1. The molecule has 0 aliphatic carbocycles. The van der Waals surface area contributed by atoms with Gasteiger partial charge in [-0.15, -0.1) is 0 Å². The maximum atomic E-state index is 12.5. The maximum absolute atomic E-state index is 12.5. The number of ether oxygens (including phenoxy) is 1. The van der Waals surface area contributed by atoms with Crippen LogP contribution in [-0.2, 0) is 4.74 Å². The van der Waals surface area contributed by atoms with E-state index in [0.29, 0.717) is 0 Å². The Morgan fingerprint density at radius 2 is 1.47 bits per heavy atom. The number of hydrogen-bond acceptors (Lipinski definition) is 2. The van der Waals surface area contributed by atoms with Gasteiger partial charge in [0.1, 0.15) is 6.10 Å². The Kier molecular flexibility index (Phi) is 6.37. The van der Waals surface area contributed by atoms with Crippen LogP contribution in [0.15, 0.2) is 54.6 Å². The highest BCUT2D eigenvalue weighted by molar-refractivity contribution is 6.25. The molecule has 1 N–H and O–H groups in total. The molecule has 0 bridgehead atoms. The normalized spacial score (nSPS) is 12.6. The molecular weight excluding hydrogens is 370 g/mol. The van der Waals surface area contributed by atoms with Crippen LogP contribution in [0, 0.1) is 0 Å². The number of rotatable bonds is 9. The summed E-state index contributed by atoms with van der Waals surface area (Å²) in [6, 6.07) is 18.9. The largest absolute Gasteiger partial charge is 0.446 e. The van der Waals surface area contributed by atoms with Crippen LogP contribution in [0.4, 0.5) is 10.5 Å². The zero-order valence-electron chi connectivity index (χ0n) is 18.0. The summed E-state index contributed by atoms with van der Waals surface area (Å²) in [6.45, 7) is 4.21. The van der Waals surface area contributed by atoms with Gasteiger partial charge in [0.2, 0.25) is 0 Å². The van der Waals surface area contributed by atoms with E-state index in [1.807, 2.05) is 13.0 Å². The lowest BCUT2D eigenvalue weighted by atomic mass is 9.93. The molecule has 0 saturated carbocycles. The summed E-state index contributed by atoms with van der Waals surface area (Å²) in [6.07, 6.45) is 7.95. The van der Waals surface area contributed by atoms with E-state index in [0.717, 1.165) is 23.9 Å². The third-order valence-corrected chi connectivity index (χ3v) is 6.04. The predicted molar refractivity (Wildman–Crippen MR) is 128 cm³/mol. The van der Waals surface area contributed by atoms with E-state index in [9.17, 15) is 4.79 Å². The third kappa shape index (κ3) is 4.35. The molecule has 1 atom stereocenters. The van der Waals surface area contributed by atoms with Crippen LogP contribution >= 0.6 is 0 Å². The van der Waals surface area contributed by atoms with E-state index >= 15 is 0 Å². The first kappa shape index (κ1) is 20.5. The van der Waals surface area contributed by atoms with Crippen LogP contribution < -0.4 is 5.32 Å². The SMILES string of the molecule is CCCCCCCC[C@@H](C)OC(=O)Nc1ccc2ccc3cccc4ccc1c2c34. The fourth-order valence-electron chi connectivity index (χ4n) is 4.44. The van der Waals surface area contributed by atoms with E-state index in [4.69, 9.17) is 4.74 Å². The molecule has 0 aliphatic rings. The van der Waals surface area contributed by atoms with Crippen molar-refractivity contribution in [3.8, 4) is 0 Å². The minimum atomic E-state index is -0.372. The molecule has 0 unspecified atom stereocenters. The summed E-state index contributed by atoms with van der Waals surface area (Å²) < 4.78 is 5.62. The summed E-state index contributed by atoms with van der Waals surface area (Å²) >= 11 is 0. The molecule has 4 aromatic rings. The molecule has 156 valence electrons. The average molecular weight is 402 g/mol. The second-order valence-corrected chi connectivity index (χ2v) is 8.37. The molecule has 3 heteroatoms. The fraction of sp³-hybridized carbons (Fsp3) is 0.370. The number of carbonyl (C=O) groups excluding carboxylic acids is 1. The van der Waals surface area contributed by atoms with Crippen molar-refractivity contribution >= 4 is 44.1 Å². The Morgan fingerprint density at radius 1 is 0.833 bits per heavy atom. The lowest BCUT2D eigenvalue weighted by Gasteiger charge is -2.16. The number of amides is 1. The van der Waals surface area contributed by atoms with Crippen LogP contribution in [0.25, 0.3) is 32.3 Å². The summed E-state index contributed by atoms with van der Waals surface area (Å²) in [7, 11) is 0. The molecule has 0 aliphatic heterocycles. The van der Waals surface area contributed by atoms with Gasteiger partial charge in [0.25, 0.3) is 0 Å². The van der Waals surface area contributed by atoms with E-state index in [1.165, 1.54) is 59.0 Å². The van der Waals surface area contributed by atoms with Crippen LogP contribution in [-0.4, -0.2) is 12.2 Å². The van der Waals surface area contributed by atoms with Crippen LogP contribution in [0.2, 0.25) is 0 Å². The summed E-state index contributed by atoms with van der Waals surface area (Å²) in [5.41, 5.74) is 0.803. The highest BCUT2D eigenvalue weighted by Crippen LogP contribution is 2.37. The molecule has 0 heterocycles. The van der Waals surface area contributed by atoms with Crippen molar-refractivity contribution in [1.82, 2.24) is 0 Å². The van der Waals surface area contributed by atoms with Gasteiger partial charge in [-0.05, 0) is 52.8 Å². The van der Waals surface area contributed by atoms with Crippen LogP contribution in [0.5, 0.6) is 0 Å². The molecule has 4 rings (SSSR count). The third-order valence-electron chi connectivity index (χ3n) is 6.04. The van der Waals surface area contributed by atoms with Crippen molar-refractivity contribution in [2.45, 2.75) is 64.9 Å². The first-order valence-corrected chi connectivity index (χ1v) is 11.3. The molecule has 0 fully saturated rings. The molecule has 0 spiro atoms. The van der Waals surface area contributed by atoms with Gasteiger partial charge in [-0.25, -0.2) is 4.79 Å². The standard InChI is InChI=1S/C27H31NO2/c1-3-4-5-6-7-8-10-19(2)30-27(29)28-24-18-16-22-14-13-20-11-9-12-21-15-17-23(24)26(22)25(20)21/h9,11-19H,3-8,10H2,1-2H3,(H,28,29)/t19-/m1/s1. The van der Waals surface area contributed by atoms with Crippen molar-refractivity contribution in [2.24, 2.45) is 0 Å². The Balaban J connectivity index is 1.44. The number of nitrogens with one attached hydrogen (secondary N) is 1. The number of carbonyl (C=O) groups is 1. The Hall–Kier alpha value is -2.81. The minimum Gasteiger partial charge on any atom is -0.446 e. The quantitative estimate of drug-likeness (QED) is 0.226. The highest BCUT2D eigenvalue weighted by atomic mass is 16.6. The number of anilines is 1. The molecule has 1 amide bonds. The zero-order chi connectivity index (χ0) is 20.9.